The molecule has 0 amide bonds. The van der Waals surface area contributed by atoms with Gasteiger partial charge in [-0.25, -0.2) is 0 Å². The number of aryl methyl sites for hydroxylation is 2. The average molecular weight is 246 g/mol. The van der Waals surface area contributed by atoms with Gasteiger partial charge in [-0.05, 0) is 42.5 Å². The summed E-state index contributed by atoms with van der Waals surface area (Å²) in [5.74, 6) is 0. The van der Waals surface area contributed by atoms with Crippen LogP contribution in [0.15, 0.2) is 52.9 Å². The number of fused-ring (bicyclic) bond motifs is 5. The Morgan fingerprint density at radius 1 is 0.737 bits per heavy atom. The lowest BCUT2D eigenvalue weighted by Crippen LogP contribution is -1.80. The van der Waals surface area contributed by atoms with Gasteiger partial charge in [0, 0.05) is 16.2 Å². The second-order valence-corrected chi connectivity index (χ2v) is 5.17. The van der Waals surface area contributed by atoms with E-state index in [4.69, 9.17) is 4.42 Å². The molecule has 1 aromatic heterocycles. The quantitative estimate of drug-likeness (QED) is 0.407. The summed E-state index contributed by atoms with van der Waals surface area (Å²) in [7, 11) is 0. The fourth-order valence-electron chi connectivity index (χ4n) is 3.01. The third-order valence-corrected chi connectivity index (χ3v) is 3.92. The summed E-state index contributed by atoms with van der Waals surface area (Å²) in [6.07, 6.45) is 0. The maximum Gasteiger partial charge on any atom is 0.143 e. The molecule has 1 heteroatoms. The molecule has 0 fully saturated rings. The maximum absolute atomic E-state index is 6.10. The van der Waals surface area contributed by atoms with Gasteiger partial charge >= 0.3 is 0 Å². The standard InChI is InChI=1S/C18H14O/c1-11-6-5-9-16-17(11)15-10-12(2)13-7-3-4-8-14(13)18(15)19-16/h3-10H,1-2H3. The Kier molecular flexibility index (Phi) is 2.02. The van der Waals surface area contributed by atoms with E-state index in [1.165, 1.54) is 32.7 Å². The fourth-order valence-corrected chi connectivity index (χ4v) is 3.01. The molecule has 1 heterocycles. The molecule has 0 atom stereocenters. The van der Waals surface area contributed by atoms with Gasteiger partial charge in [-0.15, -0.1) is 0 Å². The van der Waals surface area contributed by atoms with E-state index in [1.54, 1.807) is 0 Å². The van der Waals surface area contributed by atoms with Gasteiger partial charge in [0.25, 0.3) is 0 Å². The molecule has 0 saturated heterocycles. The van der Waals surface area contributed by atoms with Crippen LogP contribution in [0.25, 0.3) is 32.7 Å². The van der Waals surface area contributed by atoms with Crippen LogP contribution in [0.3, 0.4) is 0 Å². The van der Waals surface area contributed by atoms with Gasteiger partial charge in [0.2, 0.25) is 0 Å². The van der Waals surface area contributed by atoms with Crippen molar-refractivity contribution in [2.45, 2.75) is 13.8 Å². The first-order valence-corrected chi connectivity index (χ1v) is 6.56. The minimum absolute atomic E-state index is 0.978. The van der Waals surface area contributed by atoms with E-state index in [2.05, 4.69) is 56.3 Å². The zero-order valence-electron chi connectivity index (χ0n) is 11.0. The van der Waals surface area contributed by atoms with Crippen molar-refractivity contribution in [3.63, 3.8) is 0 Å². The van der Waals surface area contributed by atoms with Gasteiger partial charge in [0.05, 0.1) is 0 Å². The third kappa shape index (κ3) is 1.36. The molecule has 0 N–H and O–H groups in total. The zero-order chi connectivity index (χ0) is 13.0. The van der Waals surface area contributed by atoms with Crippen LogP contribution in [0.4, 0.5) is 0 Å². The first-order valence-electron chi connectivity index (χ1n) is 6.56. The zero-order valence-corrected chi connectivity index (χ0v) is 11.0. The highest BCUT2D eigenvalue weighted by Gasteiger charge is 2.12. The number of rotatable bonds is 0. The van der Waals surface area contributed by atoms with Crippen LogP contribution in [0.5, 0.6) is 0 Å². The minimum Gasteiger partial charge on any atom is -0.455 e. The Labute approximate surface area is 111 Å². The average Bonchev–Trinajstić information content (AvgIpc) is 2.79. The van der Waals surface area contributed by atoms with Gasteiger partial charge < -0.3 is 4.42 Å². The fraction of sp³-hybridized carbons (Fsp3) is 0.111. The van der Waals surface area contributed by atoms with Crippen molar-refractivity contribution in [2.24, 2.45) is 0 Å². The van der Waals surface area contributed by atoms with Crippen molar-refractivity contribution >= 4 is 32.7 Å². The normalized spacial score (nSPS) is 11.7. The van der Waals surface area contributed by atoms with E-state index in [0.717, 1.165) is 11.2 Å². The highest BCUT2D eigenvalue weighted by atomic mass is 16.3. The molecular formula is C18H14O. The molecule has 92 valence electrons. The van der Waals surface area contributed by atoms with Crippen LogP contribution in [0.2, 0.25) is 0 Å². The Bertz CT molecular complexity index is 929. The van der Waals surface area contributed by atoms with E-state index in [-0.39, 0.29) is 0 Å². The van der Waals surface area contributed by atoms with Gasteiger partial charge in [-0.1, -0.05) is 36.4 Å². The molecule has 0 saturated carbocycles. The first-order chi connectivity index (χ1) is 9.25. The van der Waals surface area contributed by atoms with Crippen LogP contribution in [-0.2, 0) is 0 Å². The van der Waals surface area contributed by atoms with Crippen molar-refractivity contribution < 1.29 is 4.42 Å². The molecule has 4 rings (SSSR count). The molecule has 0 aliphatic carbocycles. The van der Waals surface area contributed by atoms with Crippen LogP contribution in [-0.4, -0.2) is 0 Å². The predicted molar refractivity (Wildman–Crippen MR) is 80.7 cm³/mol. The van der Waals surface area contributed by atoms with Crippen molar-refractivity contribution in [3.05, 3.63) is 59.7 Å². The minimum atomic E-state index is 0.978. The lowest BCUT2D eigenvalue weighted by molar-refractivity contribution is 0.672. The monoisotopic (exact) mass is 246 g/mol. The second kappa shape index (κ2) is 3.61. The molecule has 0 aliphatic heterocycles. The summed E-state index contributed by atoms with van der Waals surface area (Å²) >= 11 is 0. The largest absolute Gasteiger partial charge is 0.455 e. The highest BCUT2D eigenvalue weighted by molar-refractivity contribution is 6.16. The SMILES string of the molecule is Cc1cc2c(oc3cccc(C)c32)c2ccccc12. The molecule has 0 bridgehead atoms. The molecule has 0 aliphatic rings. The molecule has 4 aromatic rings. The molecule has 0 spiro atoms. The molecule has 0 unspecified atom stereocenters. The molecule has 0 radical (unpaired) electrons. The van der Waals surface area contributed by atoms with Gasteiger partial charge in [0.1, 0.15) is 11.2 Å². The number of hydrogen-bond acceptors (Lipinski definition) is 1. The summed E-state index contributed by atoms with van der Waals surface area (Å²) in [5.41, 5.74) is 4.55. The van der Waals surface area contributed by atoms with Crippen molar-refractivity contribution in [1.29, 1.82) is 0 Å². The summed E-state index contributed by atoms with van der Waals surface area (Å²) in [6, 6.07) is 16.9. The molecule has 1 nitrogen and oxygen atoms in total. The van der Waals surface area contributed by atoms with E-state index in [9.17, 15) is 0 Å². The smallest absolute Gasteiger partial charge is 0.143 e. The van der Waals surface area contributed by atoms with E-state index < -0.39 is 0 Å². The Morgan fingerprint density at radius 2 is 1.53 bits per heavy atom. The van der Waals surface area contributed by atoms with E-state index in [1.807, 2.05) is 6.07 Å². The Morgan fingerprint density at radius 3 is 2.37 bits per heavy atom. The maximum atomic E-state index is 6.10. The van der Waals surface area contributed by atoms with E-state index in [0.29, 0.717) is 0 Å². The van der Waals surface area contributed by atoms with Crippen LogP contribution in [0, 0.1) is 13.8 Å². The molecular weight excluding hydrogens is 232 g/mol. The van der Waals surface area contributed by atoms with Crippen LogP contribution >= 0.6 is 0 Å². The lowest BCUT2D eigenvalue weighted by atomic mass is 10.00. The Balaban J connectivity index is 2.37. The number of hydrogen-bond donors (Lipinski definition) is 0. The third-order valence-electron chi connectivity index (χ3n) is 3.92. The number of furan rings is 1. The Hall–Kier alpha value is -2.28. The predicted octanol–water partition coefficient (Wildman–Crippen LogP) is 5.36. The van der Waals surface area contributed by atoms with Crippen LogP contribution < -0.4 is 0 Å². The topological polar surface area (TPSA) is 13.1 Å². The highest BCUT2D eigenvalue weighted by Crippen LogP contribution is 2.36. The van der Waals surface area contributed by atoms with E-state index >= 15 is 0 Å². The lowest BCUT2D eigenvalue weighted by Gasteiger charge is -2.03. The summed E-state index contributed by atoms with van der Waals surface area (Å²) in [5, 5.41) is 4.94. The van der Waals surface area contributed by atoms with Crippen molar-refractivity contribution in [3.8, 4) is 0 Å². The van der Waals surface area contributed by atoms with Gasteiger partial charge in [-0.2, -0.15) is 0 Å². The van der Waals surface area contributed by atoms with Crippen molar-refractivity contribution in [1.82, 2.24) is 0 Å². The molecule has 19 heavy (non-hydrogen) atoms. The second-order valence-electron chi connectivity index (χ2n) is 5.17. The summed E-state index contributed by atoms with van der Waals surface area (Å²) in [4.78, 5) is 0. The summed E-state index contributed by atoms with van der Waals surface area (Å²) < 4.78 is 6.10. The number of benzene rings is 3. The first kappa shape index (κ1) is 10.6. The van der Waals surface area contributed by atoms with Crippen LogP contribution in [0.1, 0.15) is 11.1 Å². The molecule has 3 aromatic carbocycles. The van der Waals surface area contributed by atoms with Crippen molar-refractivity contribution in [2.75, 3.05) is 0 Å². The summed E-state index contributed by atoms with van der Waals surface area (Å²) in [6.45, 7) is 4.31. The van der Waals surface area contributed by atoms with Gasteiger partial charge in [-0.3, -0.25) is 0 Å². The van der Waals surface area contributed by atoms with Gasteiger partial charge in [0.15, 0.2) is 0 Å².